The zero-order valence-corrected chi connectivity index (χ0v) is 20.0. The summed E-state index contributed by atoms with van der Waals surface area (Å²) >= 11 is 3.46. The molecule has 1 amide bonds. The van der Waals surface area contributed by atoms with E-state index in [1.54, 1.807) is 0 Å². The van der Waals surface area contributed by atoms with E-state index >= 15 is 0 Å². The highest BCUT2D eigenvalue weighted by atomic mass is 79.9. The maximum atomic E-state index is 13.4. The molecule has 3 rings (SSSR count). The van der Waals surface area contributed by atoms with E-state index in [9.17, 15) is 9.59 Å². The van der Waals surface area contributed by atoms with Crippen LogP contribution in [0, 0.1) is 0 Å². The number of hydrogen-bond acceptors (Lipinski definition) is 7. The topological polar surface area (TPSA) is 104 Å². The van der Waals surface area contributed by atoms with Gasteiger partial charge in [-0.3, -0.25) is 9.59 Å². The quantitative estimate of drug-likeness (QED) is 0.550. The number of aromatic nitrogens is 2. The minimum Gasteiger partial charge on any atom is -0.383 e. The van der Waals surface area contributed by atoms with Crippen molar-refractivity contribution in [2.24, 2.45) is 0 Å². The van der Waals surface area contributed by atoms with E-state index < -0.39 is 0 Å². The van der Waals surface area contributed by atoms with Gasteiger partial charge < -0.3 is 20.9 Å². The van der Waals surface area contributed by atoms with Crippen molar-refractivity contribution in [3.63, 3.8) is 0 Å². The molecule has 1 saturated heterocycles. The number of carbonyl (C=O) groups is 2. The van der Waals surface area contributed by atoms with Crippen LogP contribution in [-0.4, -0.2) is 65.8 Å². The molecule has 31 heavy (non-hydrogen) atoms. The first kappa shape index (κ1) is 25.0. The van der Waals surface area contributed by atoms with Crippen LogP contribution in [0.5, 0.6) is 0 Å². The molecule has 1 aliphatic rings. The van der Waals surface area contributed by atoms with Gasteiger partial charge in [0.15, 0.2) is 6.29 Å². The average molecular weight is 512 g/mol. The Bertz CT molecular complexity index is 888. The number of nitrogen functional groups attached to an aromatic ring is 1. The van der Waals surface area contributed by atoms with Crippen molar-refractivity contribution in [2.75, 3.05) is 43.4 Å². The van der Waals surface area contributed by atoms with E-state index in [-0.39, 0.29) is 36.1 Å². The third kappa shape index (κ3) is 6.15. The number of rotatable bonds is 7. The van der Waals surface area contributed by atoms with Crippen LogP contribution in [0.3, 0.4) is 0 Å². The van der Waals surface area contributed by atoms with Gasteiger partial charge >= 0.3 is 0 Å². The molecule has 1 aliphatic heterocycles. The van der Waals surface area contributed by atoms with Crippen LogP contribution in [0.15, 0.2) is 35.1 Å². The second kappa shape index (κ2) is 11.4. The molecule has 1 aromatic heterocycles. The van der Waals surface area contributed by atoms with Crippen molar-refractivity contribution in [1.82, 2.24) is 20.2 Å². The van der Waals surface area contributed by atoms with Gasteiger partial charge in [0.2, 0.25) is 5.91 Å². The average Bonchev–Trinajstić information content (AvgIpc) is 2.74. The summed E-state index contributed by atoms with van der Waals surface area (Å²) in [5, 5.41) is 3.40. The zero-order valence-electron chi connectivity index (χ0n) is 17.6. The van der Waals surface area contributed by atoms with Crippen LogP contribution >= 0.6 is 28.3 Å². The Morgan fingerprint density at radius 1 is 1.19 bits per heavy atom. The molecule has 10 heteroatoms. The fourth-order valence-electron chi connectivity index (χ4n) is 3.52. The number of carbonyl (C=O) groups excluding carboxylic acids is 2. The van der Waals surface area contributed by atoms with E-state index in [1.165, 1.54) is 6.33 Å². The van der Waals surface area contributed by atoms with Crippen LogP contribution in [0.1, 0.15) is 35.7 Å². The SMILES string of the molecule is CC(C)NCC(C(=O)N1CCN(c2ncnc(N)c2C=O)CC1)c1ccc(Br)cc1.Cl. The van der Waals surface area contributed by atoms with Gasteiger partial charge in [-0.1, -0.05) is 41.9 Å². The molecule has 2 heterocycles. The summed E-state index contributed by atoms with van der Waals surface area (Å²) in [6, 6.07) is 8.19. The maximum absolute atomic E-state index is 13.4. The van der Waals surface area contributed by atoms with E-state index in [1.807, 2.05) is 34.1 Å². The molecule has 0 spiro atoms. The molecular formula is C21H28BrClN6O2. The van der Waals surface area contributed by atoms with Gasteiger partial charge in [-0.15, -0.1) is 12.4 Å². The molecule has 1 fully saturated rings. The molecular weight excluding hydrogens is 484 g/mol. The Balaban J connectivity index is 0.00000341. The van der Waals surface area contributed by atoms with E-state index in [4.69, 9.17) is 5.73 Å². The van der Waals surface area contributed by atoms with Crippen LogP contribution in [0.2, 0.25) is 0 Å². The van der Waals surface area contributed by atoms with Gasteiger partial charge in [-0.25, -0.2) is 9.97 Å². The molecule has 0 saturated carbocycles. The normalized spacial score (nSPS) is 14.8. The Hall–Kier alpha value is -2.23. The number of hydrogen-bond donors (Lipinski definition) is 2. The Morgan fingerprint density at radius 3 is 2.42 bits per heavy atom. The number of aldehydes is 1. The standard InChI is InChI=1S/C21H27BrN6O2.ClH/c1-14(2)24-11-17(15-3-5-16(22)6-4-15)21(30)28-9-7-27(8-10-28)20-18(12-29)19(23)25-13-26-20;/h3-6,12-14,17,24H,7-11H2,1-2H3,(H2,23,25,26);1H. The van der Waals surface area contributed by atoms with Crippen molar-refractivity contribution in [2.45, 2.75) is 25.8 Å². The van der Waals surface area contributed by atoms with Crippen molar-refractivity contribution < 1.29 is 9.59 Å². The molecule has 1 atom stereocenters. The predicted octanol–water partition coefficient (Wildman–Crippen LogP) is 2.49. The fourth-order valence-corrected chi connectivity index (χ4v) is 3.78. The molecule has 1 aromatic carbocycles. The highest BCUT2D eigenvalue weighted by Crippen LogP contribution is 2.24. The summed E-state index contributed by atoms with van der Waals surface area (Å²) in [7, 11) is 0. The second-order valence-corrected chi connectivity index (χ2v) is 8.51. The number of benzene rings is 1. The lowest BCUT2D eigenvalue weighted by Crippen LogP contribution is -2.51. The summed E-state index contributed by atoms with van der Waals surface area (Å²) in [4.78, 5) is 36.7. The largest absolute Gasteiger partial charge is 0.383 e. The van der Waals surface area contributed by atoms with Crippen molar-refractivity contribution in [3.8, 4) is 0 Å². The second-order valence-electron chi connectivity index (χ2n) is 7.59. The monoisotopic (exact) mass is 510 g/mol. The van der Waals surface area contributed by atoms with Gasteiger partial charge in [0.1, 0.15) is 18.0 Å². The minimum absolute atomic E-state index is 0. The van der Waals surface area contributed by atoms with E-state index in [0.717, 1.165) is 10.0 Å². The van der Waals surface area contributed by atoms with Crippen LogP contribution in [0.25, 0.3) is 0 Å². The molecule has 8 nitrogen and oxygen atoms in total. The predicted molar refractivity (Wildman–Crippen MR) is 128 cm³/mol. The summed E-state index contributed by atoms with van der Waals surface area (Å²) in [5.74, 6) is 0.536. The number of nitrogens with two attached hydrogens (primary N) is 1. The van der Waals surface area contributed by atoms with E-state index in [2.05, 4.69) is 45.1 Å². The zero-order chi connectivity index (χ0) is 21.7. The molecule has 1 unspecified atom stereocenters. The van der Waals surface area contributed by atoms with Gasteiger partial charge in [0.25, 0.3) is 0 Å². The molecule has 0 aliphatic carbocycles. The number of halogens is 2. The van der Waals surface area contributed by atoms with Gasteiger partial charge in [-0.05, 0) is 17.7 Å². The van der Waals surface area contributed by atoms with Crippen LogP contribution in [0.4, 0.5) is 11.6 Å². The third-order valence-electron chi connectivity index (χ3n) is 5.20. The Morgan fingerprint density at radius 2 is 1.84 bits per heavy atom. The smallest absolute Gasteiger partial charge is 0.231 e. The lowest BCUT2D eigenvalue weighted by Gasteiger charge is -2.37. The summed E-state index contributed by atoms with van der Waals surface area (Å²) < 4.78 is 0.984. The lowest BCUT2D eigenvalue weighted by molar-refractivity contribution is -0.133. The number of nitrogens with one attached hydrogen (secondary N) is 1. The number of piperazine rings is 1. The molecule has 0 bridgehead atoms. The summed E-state index contributed by atoms with van der Waals surface area (Å²) in [5.41, 5.74) is 7.09. The maximum Gasteiger partial charge on any atom is 0.231 e. The van der Waals surface area contributed by atoms with Crippen molar-refractivity contribution in [1.29, 1.82) is 0 Å². The molecule has 2 aromatic rings. The third-order valence-corrected chi connectivity index (χ3v) is 5.73. The minimum atomic E-state index is -0.257. The van der Waals surface area contributed by atoms with Gasteiger partial charge in [0.05, 0.1) is 11.5 Å². The van der Waals surface area contributed by atoms with Gasteiger partial charge in [0, 0.05) is 43.2 Å². The number of nitrogens with zero attached hydrogens (tertiary/aromatic N) is 4. The lowest BCUT2D eigenvalue weighted by atomic mass is 9.96. The van der Waals surface area contributed by atoms with Crippen LogP contribution in [-0.2, 0) is 4.79 Å². The van der Waals surface area contributed by atoms with Gasteiger partial charge in [-0.2, -0.15) is 0 Å². The number of amides is 1. The van der Waals surface area contributed by atoms with Crippen molar-refractivity contribution >= 4 is 52.2 Å². The number of anilines is 2. The van der Waals surface area contributed by atoms with Crippen molar-refractivity contribution in [3.05, 3.63) is 46.2 Å². The van der Waals surface area contributed by atoms with Crippen LogP contribution < -0.4 is 16.0 Å². The molecule has 3 N–H and O–H groups in total. The first-order chi connectivity index (χ1) is 14.4. The Kier molecular flexibility index (Phi) is 9.21. The first-order valence-corrected chi connectivity index (χ1v) is 10.8. The summed E-state index contributed by atoms with van der Waals surface area (Å²) in [6.07, 6.45) is 2.04. The first-order valence-electron chi connectivity index (χ1n) is 9.99. The fraction of sp³-hybridized carbons (Fsp3) is 0.429. The summed E-state index contributed by atoms with van der Waals surface area (Å²) in [6.45, 7) is 6.98. The highest BCUT2D eigenvalue weighted by molar-refractivity contribution is 9.10. The molecule has 0 radical (unpaired) electrons. The Labute approximate surface area is 197 Å². The highest BCUT2D eigenvalue weighted by Gasteiger charge is 2.30. The molecule has 168 valence electrons. The van der Waals surface area contributed by atoms with E-state index in [0.29, 0.717) is 50.4 Å².